The van der Waals surface area contributed by atoms with Crippen LogP contribution in [-0.2, 0) is 4.79 Å². The number of nitrogens with two attached hydrogens (primary N) is 1. The highest BCUT2D eigenvalue weighted by Crippen LogP contribution is 2.27. The van der Waals surface area contributed by atoms with Gasteiger partial charge in [-0.25, -0.2) is 0 Å². The molecule has 0 saturated heterocycles. The summed E-state index contributed by atoms with van der Waals surface area (Å²) >= 11 is 0. The molecule has 1 fully saturated rings. The smallest absolute Gasteiger partial charge is 0.226 e. The molecule has 1 aliphatic carbocycles. The van der Waals surface area contributed by atoms with Crippen molar-refractivity contribution in [1.29, 1.82) is 0 Å². The SMILES string of the molecule is CCCC(CN)C(=O)N(CC)CC1CCC1. The van der Waals surface area contributed by atoms with E-state index < -0.39 is 0 Å². The number of amides is 1. The highest BCUT2D eigenvalue weighted by atomic mass is 16.2. The minimum absolute atomic E-state index is 0.0463. The molecule has 0 aliphatic heterocycles. The molecule has 1 amide bonds. The summed E-state index contributed by atoms with van der Waals surface area (Å²) < 4.78 is 0. The van der Waals surface area contributed by atoms with Gasteiger partial charge in [-0.15, -0.1) is 0 Å². The van der Waals surface area contributed by atoms with Gasteiger partial charge >= 0.3 is 0 Å². The maximum atomic E-state index is 12.2. The van der Waals surface area contributed by atoms with Gasteiger partial charge < -0.3 is 10.6 Å². The molecule has 3 heteroatoms. The number of carbonyl (C=O) groups excluding carboxylic acids is 1. The van der Waals surface area contributed by atoms with Gasteiger partial charge in [-0.05, 0) is 32.1 Å². The predicted octanol–water partition coefficient (Wildman–Crippen LogP) is 2.01. The molecule has 0 bridgehead atoms. The van der Waals surface area contributed by atoms with E-state index in [1.165, 1.54) is 19.3 Å². The van der Waals surface area contributed by atoms with Gasteiger partial charge in [0.25, 0.3) is 0 Å². The van der Waals surface area contributed by atoms with Crippen LogP contribution in [0.15, 0.2) is 0 Å². The Labute approximate surface area is 99.4 Å². The third-order valence-electron chi connectivity index (χ3n) is 3.67. The molecule has 2 N–H and O–H groups in total. The average Bonchev–Trinajstić information content (AvgIpc) is 2.24. The fourth-order valence-corrected chi connectivity index (χ4v) is 2.31. The van der Waals surface area contributed by atoms with Crippen molar-refractivity contribution in [1.82, 2.24) is 4.90 Å². The number of hydrogen-bond donors (Lipinski definition) is 1. The average molecular weight is 226 g/mol. The molecule has 1 saturated carbocycles. The normalized spacial score (nSPS) is 17.9. The molecule has 0 aromatic heterocycles. The summed E-state index contributed by atoms with van der Waals surface area (Å²) in [6.45, 7) is 6.45. The van der Waals surface area contributed by atoms with Crippen molar-refractivity contribution in [2.75, 3.05) is 19.6 Å². The minimum Gasteiger partial charge on any atom is -0.342 e. The van der Waals surface area contributed by atoms with Gasteiger partial charge in [-0.1, -0.05) is 19.8 Å². The standard InChI is InChI=1S/C13H26N2O/c1-3-6-12(9-14)13(16)15(4-2)10-11-7-5-8-11/h11-12H,3-10,14H2,1-2H3. The summed E-state index contributed by atoms with van der Waals surface area (Å²) in [7, 11) is 0. The number of hydrogen-bond acceptors (Lipinski definition) is 2. The first-order valence-corrected chi connectivity index (χ1v) is 6.71. The van der Waals surface area contributed by atoms with E-state index >= 15 is 0 Å². The summed E-state index contributed by atoms with van der Waals surface area (Å²) in [6, 6.07) is 0. The van der Waals surface area contributed by atoms with E-state index in [1.54, 1.807) is 0 Å². The summed E-state index contributed by atoms with van der Waals surface area (Å²) in [6.07, 6.45) is 5.90. The quantitative estimate of drug-likeness (QED) is 0.722. The van der Waals surface area contributed by atoms with E-state index in [2.05, 4.69) is 13.8 Å². The molecule has 0 aromatic rings. The Morgan fingerprint density at radius 2 is 2.12 bits per heavy atom. The number of rotatable bonds is 7. The molecule has 0 aromatic carbocycles. The Kier molecular flexibility index (Phi) is 5.81. The topological polar surface area (TPSA) is 46.3 Å². The van der Waals surface area contributed by atoms with Gasteiger partial charge in [-0.2, -0.15) is 0 Å². The van der Waals surface area contributed by atoms with Gasteiger partial charge in [0.1, 0.15) is 0 Å². The van der Waals surface area contributed by atoms with Gasteiger partial charge in [0.2, 0.25) is 5.91 Å². The van der Waals surface area contributed by atoms with Crippen LogP contribution in [0.25, 0.3) is 0 Å². The Morgan fingerprint density at radius 1 is 1.44 bits per heavy atom. The lowest BCUT2D eigenvalue weighted by Gasteiger charge is -2.33. The van der Waals surface area contributed by atoms with Crippen LogP contribution in [0.2, 0.25) is 0 Å². The Morgan fingerprint density at radius 3 is 2.50 bits per heavy atom. The minimum atomic E-state index is 0.0463. The first-order chi connectivity index (χ1) is 7.72. The summed E-state index contributed by atoms with van der Waals surface area (Å²) in [5.74, 6) is 1.08. The van der Waals surface area contributed by atoms with Crippen molar-refractivity contribution >= 4 is 5.91 Å². The Bertz CT molecular complexity index is 214. The summed E-state index contributed by atoms with van der Waals surface area (Å²) in [5.41, 5.74) is 5.68. The van der Waals surface area contributed by atoms with Crippen LogP contribution in [0.1, 0.15) is 46.0 Å². The monoisotopic (exact) mass is 226 g/mol. The molecular formula is C13H26N2O. The number of carbonyl (C=O) groups is 1. The van der Waals surface area contributed by atoms with Crippen LogP contribution >= 0.6 is 0 Å². The second-order valence-electron chi connectivity index (χ2n) is 4.90. The third kappa shape index (κ3) is 3.48. The molecule has 0 radical (unpaired) electrons. The molecule has 16 heavy (non-hydrogen) atoms. The lowest BCUT2D eigenvalue weighted by atomic mass is 9.85. The van der Waals surface area contributed by atoms with E-state index in [0.29, 0.717) is 6.54 Å². The van der Waals surface area contributed by atoms with Crippen LogP contribution in [0.3, 0.4) is 0 Å². The zero-order chi connectivity index (χ0) is 12.0. The maximum Gasteiger partial charge on any atom is 0.226 e. The largest absolute Gasteiger partial charge is 0.342 e. The number of nitrogens with zero attached hydrogens (tertiary/aromatic N) is 1. The predicted molar refractivity (Wildman–Crippen MR) is 67.0 cm³/mol. The van der Waals surface area contributed by atoms with E-state index in [1.807, 2.05) is 4.90 Å². The fraction of sp³-hybridized carbons (Fsp3) is 0.923. The van der Waals surface area contributed by atoms with E-state index in [-0.39, 0.29) is 11.8 Å². The van der Waals surface area contributed by atoms with Crippen LogP contribution in [0.4, 0.5) is 0 Å². The summed E-state index contributed by atoms with van der Waals surface area (Å²) in [5, 5.41) is 0. The molecule has 94 valence electrons. The van der Waals surface area contributed by atoms with Gasteiger partial charge in [-0.3, -0.25) is 4.79 Å². The van der Waals surface area contributed by atoms with Crippen molar-refractivity contribution < 1.29 is 4.79 Å². The lowest BCUT2D eigenvalue weighted by Crippen LogP contribution is -2.42. The highest BCUT2D eigenvalue weighted by Gasteiger charge is 2.26. The molecule has 0 spiro atoms. The van der Waals surface area contributed by atoms with E-state index in [9.17, 15) is 4.79 Å². The first-order valence-electron chi connectivity index (χ1n) is 6.71. The van der Waals surface area contributed by atoms with Crippen LogP contribution in [-0.4, -0.2) is 30.4 Å². The van der Waals surface area contributed by atoms with Crippen LogP contribution in [0.5, 0.6) is 0 Å². The molecule has 1 atom stereocenters. The molecular weight excluding hydrogens is 200 g/mol. The molecule has 1 rings (SSSR count). The van der Waals surface area contributed by atoms with Gasteiger partial charge in [0.05, 0.1) is 5.92 Å². The van der Waals surface area contributed by atoms with Crippen molar-refractivity contribution in [3.63, 3.8) is 0 Å². The van der Waals surface area contributed by atoms with Crippen LogP contribution < -0.4 is 5.73 Å². The Balaban J connectivity index is 2.45. The van der Waals surface area contributed by atoms with Gasteiger partial charge in [0.15, 0.2) is 0 Å². The molecule has 1 aliphatic rings. The zero-order valence-corrected chi connectivity index (χ0v) is 10.7. The van der Waals surface area contributed by atoms with Crippen molar-refractivity contribution in [2.45, 2.75) is 46.0 Å². The third-order valence-corrected chi connectivity index (χ3v) is 3.67. The second-order valence-corrected chi connectivity index (χ2v) is 4.90. The first kappa shape index (κ1) is 13.5. The van der Waals surface area contributed by atoms with Crippen molar-refractivity contribution in [2.24, 2.45) is 17.6 Å². The Hall–Kier alpha value is -0.570. The van der Waals surface area contributed by atoms with Crippen LogP contribution in [0, 0.1) is 11.8 Å². The molecule has 1 unspecified atom stereocenters. The lowest BCUT2D eigenvalue weighted by molar-refractivity contribution is -0.136. The highest BCUT2D eigenvalue weighted by molar-refractivity contribution is 5.79. The fourth-order valence-electron chi connectivity index (χ4n) is 2.31. The second kappa shape index (κ2) is 6.89. The maximum absolute atomic E-state index is 12.2. The van der Waals surface area contributed by atoms with Crippen molar-refractivity contribution in [3.8, 4) is 0 Å². The van der Waals surface area contributed by atoms with E-state index in [4.69, 9.17) is 5.73 Å². The van der Waals surface area contributed by atoms with Gasteiger partial charge in [0, 0.05) is 19.6 Å². The molecule has 3 nitrogen and oxygen atoms in total. The molecule has 0 heterocycles. The van der Waals surface area contributed by atoms with Crippen molar-refractivity contribution in [3.05, 3.63) is 0 Å². The zero-order valence-electron chi connectivity index (χ0n) is 10.7. The van der Waals surface area contributed by atoms with E-state index in [0.717, 1.165) is 31.8 Å². The summed E-state index contributed by atoms with van der Waals surface area (Å²) in [4.78, 5) is 14.2.